The summed E-state index contributed by atoms with van der Waals surface area (Å²) in [6.45, 7) is 5.95. The highest BCUT2D eigenvalue weighted by Gasteiger charge is 2.18. The van der Waals surface area contributed by atoms with Gasteiger partial charge in [-0.05, 0) is 30.7 Å². The summed E-state index contributed by atoms with van der Waals surface area (Å²) in [5.74, 6) is 1.18. The second kappa shape index (κ2) is 8.63. The van der Waals surface area contributed by atoms with E-state index in [4.69, 9.17) is 9.47 Å². The molecule has 1 amide bonds. The average molecular weight is 311 g/mol. The van der Waals surface area contributed by atoms with Crippen molar-refractivity contribution in [3.63, 3.8) is 0 Å². The normalized spacial score (nSPS) is 11.3. The molecule has 0 spiro atoms. The number of amides is 1. The van der Waals surface area contributed by atoms with Gasteiger partial charge in [0.05, 0.1) is 0 Å². The number of carbonyl (C=O) groups is 1. The van der Waals surface area contributed by atoms with Crippen LogP contribution in [0.1, 0.15) is 13.3 Å². The molecule has 0 aromatic heterocycles. The number of hydrogen-bond donors (Lipinski definition) is 1. The number of benzene rings is 2. The molecule has 0 saturated heterocycles. The van der Waals surface area contributed by atoms with Crippen LogP contribution < -0.4 is 14.8 Å². The first-order valence-electron chi connectivity index (χ1n) is 7.59. The van der Waals surface area contributed by atoms with Crippen molar-refractivity contribution < 1.29 is 14.3 Å². The van der Waals surface area contributed by atoms with E-state index in [1.807, 2.05) is 55.5 Å². The van der Waals surface area contributed by atoms with Crippen LogP contribution in [0, 0.1) is 0 Å². The lowest BCUT2D eigenvalue weighted by atomic mass is 10.2. The quantitative estimate of drug-likeness (QED) is 0.748. The summed E-state index contributed by atoms with van der Waals surface area (Å²) in [6, 6.07) is 16.6. The summed E-state index contributed by atoms with van der Waals surface area (Å²) in [4.78, 5) is 12.4. The van der Waals surface area contributed by atoms with Crippen LogP contribution in [0.3, 0.4) is 0 Å². The zero-order valence-electron chi connectivity index (χ0n) is 13.2. The molecule has 0 fully saturated rings. The highest BCUT2D eigenvalue weighted by atomic mass is 16.5. The van der Waals surface area contributed by atoms with Gasteiger partial charge in [0.25, 0.3) is 5.91 Å². The van der Waals surface area contributed by atoms with Crippen molar-refractivity contribution in [2.75, 3.05) is 11.9 Å². The summed E-state index contributed by atoms with van der Waals surface area (Å²) in [6.07, 6.45) is 1.70. The monoisotopic (exact) mass is 311 g/mol. The lowest BCUT2D eigenvalue weighted by Crippen LogP contribution is -2.32. The topological polar surface area (TPSA) is 47.6 Å². The lowest BCUT2D eigenvalue weighted by Gasteiger charge is -2.17. The summed E-state index contributed by atoms with van der Waals surface area (Å²) in [5.41, 5.74) is 0.673. The molecule has 23 heavy (non-hydrogen) atoms. The molecule has 1 unspecified atom stereocenters. The van der Waals surface area contributed by atoms with E-state index in [1.54, 1.807) is 12.1 Å². The van der Waals surface area contributed by atoms with Crippen molar-refractivity contribution in [2.45, 2.75) is 19.4 Å². The predicted molar refractivity (Wildman–Crippen MR) is 91.9 cm³/mol. The zero-order chi connectivity index (χ0) is 16.5. The number of rotatable bonds is 8. The molecule has 0 saturated carbocycles. The minimum Gasteiger partial charge on any atom is -0.489 e. The van der Waals surface area contributed by atoms with Gasteiger partial charge in [0.2, 0.25) is 0 Å². The van der Waals surface area contributed by atoms with Crippen molar-refractivity contribution in [3.05, 3.63) is 67.3 Å². The SMILES string of the molecule is C=CCOc1cccc(NC(=O)C(CC)Oc2ccccc2)c1. The van der Waals surface area contributed by atoms with Gasteiger partial charge in [-0.1, -0.05) is 43.8 Å². The Labute approximate surface area is 136 Å². The molecular formula is C19H21NO3. The highest BCUT2D eigenvalue weighted by Crippen LogP contribution is 2.19. The van der Waals surface area contributed by atoms with Gasteiger partial charge >= 0.3 is 0 Å². The Hall–Kier alpha value is -2.75. The Morgan fingerprint density at radius 1 is 1.17 bits per heavy atom. The molecule has 0 aliphatic carbocycles. The van der Waals surface area contributed by atoms with Gasteiger partial charge < -0.3 is 14.8 Å². The van der Waals surface area contributed by atoms with Crippen LogP contribution in [-0.2, 0) is 4.79 Å². The Balaban J connectivity index is 2.00. The fourth-order valence-corrected chi connectivity index (χ4v) is 2.03. The first-order valence-corrected chi connectivity index (χ1v) is 7.59. The molecule has 120 valence electrons. The zero-order valence-corrected chi connectivity index (χ0v) is 13.2. The van der Waals surface area contributed by atoms with E-state index in [-0.39, 0.29) is 5.91 Å². The Morgan fingerprint density at radius 2 is 1.91 bits per heavy atom. The predicted octanol–water partition coefficient (Wildman–Crippen LogP) is 4.05. The van der Waals surface area contributed by atoms with E-state index in [9.17, 15) is 4.79 Å². The minimum atomic E-state index is -0.546. The number of ether oxygens (including phenoxy) is 2. The van der Waals surface area contributed by atoms with Gasteiger partial charge in [-0.15, -0.1) is 0 Å². The maximum atomic E-state index is 12.4. The van der Waals surface area contributed by atoms with E-state index >= 15 is 0 Å². The fourth-order valence-electron chi connectivity index (χ4n) is 2.03. The standard InChI is InChI=1S/C19H21NO3/c1-3-13-22-17-12-8-9-15(14-17)20-19(21)18(4-2)23-16-10-6-5-7-11-16/h3,5-12,14,18H,1,4,13H2,2H3,(H,20,21). The summed E-state index contributed by atoms with van der Waals surface area (Å²) < 4.78 is 11.2. The molecule has 2 rings (SSSR count). The number of anilines is 1. The molecule has 2 aromatic carbocycles. The summed E-state index contributed by atoms with van der Waals surface area (Å²) >= 11 is 0. The molecule has 2 aromatic rings. The number of hydrogen-bond acceptors (Lipinski definition) is 3. The van der Waals surface area contributed by atoms with E-state index in [0.717, 1.165) is 0 Å². The number of para-hydroxylation sites is 1. The van der Waals surface area contributed by atoms with Crippen LogP contribution in [0.2, 0.25) is 0 Å². The number of nitrogens with one attached hydrogen (secondary N) is 1. The Bertz CT molecular complexity index is 640. The maximum absolute atomic E-state index is 12.4. The molecule has 0 heterocycles. The summed E-state index contributed by atoms with van der Waals surface area (Å²) in [7, 11) is 0. The molecule has 4 heteroatoms. The second-order valence-electron chi connectivity index (χ2n) is 4.94. The first-order chi connectivity index (χ1) is 11.2. The molecule has 0 aliphatic heterocycles. The minimum absolute atomic E-state index is 0.183. The average Bonchev–Trinajstić information content (AvgIpc) is 2.59. The van der Waals surface area contributed by atoms with Gasteiger partial charge in [-0.2, -0.15) is 0 Å². The van der Waals surface area contributed by atoms with E-state index in [1.165, 1.54) is 0 Å². The Kier molecular flexibility index (Phi) is 6.24. The third-order valence-electron chi connectivity index (χ3n) is 3.15. The molecule has 1 N–H and O–H groups in total. The van der Waals surface area contributed by atoms with Crippen LogP contribution in [0.25, 0.3) is 0 Å². The van der Waals surface area contributed by atoms with Crippen LogP contribution in [0.5, 0.6) is 11.5 Å². The third-order valence-corrected chi connectivity index (χ3v) is 3.15. The molecule has 0 aliphatic rings. The van der Waals surface area contributed by atoms with Gasteiger partial charge in [0.1, 0.15) is 18.1 Å². The molecule has 0 bridgehead atoms. The molecule has 4 nitrogen and oxygen atoms in total. The largest absolute Gasteiger partial charge is 0.489 e. The molecule has 1 atom stereocenters. The van der Waals surface area contributed by atoms with Crippen molar-refractivity contribution >= 4 is 11.6 Å². The summed E-state index contributed by atoms with van der Waals surface area (Å²) in [5, 5.41) is 2.86. The third kappa shape index (κ3) is 5.18. The smallest absolute Gasteiger partial charge is 0.265 e. The van der Waals surface area contributed by atoms with Crippen LogP contribution in [0.4, 0.5) is 5.69 Å². The maximum Gasteiger partial charge on any atom is 0.265 e. The van der Waals surface area contributed by atoms with Crippen LogP contribution >= 0.6 is 0 Å². The highest BCUT2D eigenvalue weighted by molar-refractivity contribution is 5.94. The molecule has 0 radical (unpaired) electrons. The van der Waals surface area contributed by atoms with E-state index in [0.29, 0.717) is 30.2 Å². The van der Waals surface area contributed by atoms with Crippen LogP contribution in [0.15, 0.2) is 67.3 Å². The van der Waals surface area contributed by atoms with Gasteiger partial charge in [-0.3, -0.25) is 4.79 Å². The van der Waals surface area contributed by atoms with Crippen molar-refractivity contribution in [3.8, 4) is 11.5 Å². The van der Waals surface area contributed by atoms with E-state index in [2.05, 4.69) is 11.9 Å². The van der Waals surface area contributed by atoms with Crippen molar-refractivity contribution in [1.82, 2.24) is 0 Å². The van der Waals surface area contributed by atoms with Gasteiger partial charge in [0, 0.05) is 11.8 Å². The first kappa shape index (κ1) is 16.6. The van der Waals surface area contributed by atoms with E-state index < -0.39 is 6.10 Å². The number of carbonyl (C=O) groups excluding carboxylic acids is 1. The second-order valence-corrected chi connectivity index (χ2v) is 4.94. The van der Waals surface area contributed by atoms with Gasteiger partial charge in [-0.25, -0.2) is 0 Å². The lowest BCUT2D eigenvalue weighted by molar-refractivity contribution is -0.122. The Morgan fingerprint density at radius 3 is 2.61 bits per heavy atom. The fraction of sp³-hybridized carbons (Fsp3) is 0.211. The van der Waals surface area contributed by atoms with Gasteiger partial charge in [0.15, 0.2) is 6.10 Å². The van der Waals surface area contributed by atoms with Crippen LogP contribution in [-0.4, -0.2) is 18.6 Å². The van der Waals surface area contributed by atoms with Crippen molar-refractivity contribution in [1.29, 1.82) is 0 Å². The van der Waals surface area contributed by atoms with Crippen molar-refractivity contribution in [2.24, 2.45) is 0 Å². The molecular weight excluding hydrogens is 290 g/mol.